The molecule has 0 heterocycles. The Morgan fingerprint density at radius 1 is 1.03 bits per heavy atom. The van der Waals surface area contributed by atoms with Crippen LogP contribution in [0.5, 0.6) is 0 Å². The van der Waals surface area contributed by atoms with Crippen molar-refractivity contribution in [1.82, 2.24) is 10.6 Å². The highest BCUT2D eigenvalue weighted by molar-refractivity contribution is 9.10. The highest BCUT2D eigenvalue weighted by atomic mass is 79.9. The van der Waals surface area contributed by atoms with Crippen molar-refractivity contribution in [2.75, 3.05) is 13.2 Å². The highest BCUT2D eigenvalue weighted by Gasteiger charge is 2.39. The van der Waals surface area contributed by atoms with Crippen LogP contribution < -0.4 is 10.6 Å². The average Bonchev–Trinajstić information content (AvgIpc) is 2.78. The number of halogens is 10. The molecule has 2 aromatic carbocycles. The number of alkyl halides is 6. The van der Waals surface area contributed by atoms with E-state index >= 15 is 0 Å². The summed E-state index contributed by atoms with van der Waals surface area (Å²) < 4.78 is 78.1. The number of amides is 2. The summed E-state index contributed by atoms with van der Waals surface area (Å²) >= 11 is 20.6. The van der Waals surface area contributed by atoms with Crippen molar-refractivity contribution in [3.05, 3.63) is 72.6 Å². The maximum atomic E-state index is 13.7. The van der Waals surface area contributed by atoms with Crippen molar-refractivity contribution in [3.8, 4) is 0 Å². The van der Waals surface area contributed by atoms with Gasteiger partial charge in [0.2, 0.25) is 5.91 Å². The first kappa shape index (κ1) is 31.2. The van der Waals surface area contributed by atoms with Crippen molar-refractivity contribution in [3.63, 3.8) is 0 Å². The van der Waals surface area contributed by atoms with E-state index in [1.807, 2.05) is 0 Å². The van der Waals surface area contributed by atoms with E-state index in [9.17, 15) is 41.0 Å². The van der Waals surface area contributed by atoms with Crippen LogP contribution in [0.2, 0.25) is 15.1 Å². The summed E-state index contributed by atoms with van der Waals surface area (Å²) in [7, 11) is 0. The lowest BCUT2D eigenvalue weighted by Crippen LogP contribution is -2.50. The van der Waals surface area contributed by atoms with Gasteiger partial charge in [-0.3, -0.25) is 9.59 Å². The zero-order valence-electron chi connectivity index (χ0n) is 18.2. The molecule has 0 spiro atoms. The summed E-state index contributed by atoms with van der Waals surface area (Å²) in [5, 5.41) is 12.5. The molecule has 2 atom stereocenters. The lowest BCUT2D eigenvalue weighted by atomic mass is 9.97. The summed E-state index contributed by atoms with van der Waals surface area (Å²) in [4.78, 5) is 24.3. The van der Waals surface area contributed by atoms with Crippen molar-refractivity contribution >= 4 is 68.6 Å². The Labute approximate surface area is 229 Å². The van der Waals surface area contributed by atoms with Crippen LogP contribution >= 0.6 is 50.7 Å². The number of benzene rings is 2. The second kappa shape index (κ2) is 12.7. The van der Waals surface area contributed by atoms with Gasteiger partial charge in [-0.05, 0) is 51.3 Å². The van der Waals surface area contributed by atoms with Gasteiger partial charge in [-0.15, -0.1) is 0 Å². The number of aliphatic hydroxyl groups excluding tert-OH is 1. The third kappa shape index (κ3) is 9.06. The minimum absolute atomic E-state index is 0.0870. The van der Waals surface area contributed by atoms with E-state index < -0.39 is 49.3 Å². The van der Waals surface area contributed by atoms with Gasteiger partial charge in [-0.1, -0.05) is 53.0 Å². The fourth-order valence-corrected chi connectivity index (χ4v) is 4.12. The van der Waals surface area contributed by atoms with Crippen LogP contribution in [0.1, 0.15) is 27.4 Å². The summed E-state index contributed by atoms with van der Waals surface area (Å²) in [5.74, 6) is -4.28. The van der Waals surface area contributed by atoms with Crippen molar-refractivity contribution in [1.29, 1.82) is 0 Å². The molecule has 0 aromatic heterocycles. The van der Waals surface area contributed by atoms with Crippen LogP contribution in [0.25, 0.3) is 6.08 Å². The molecule has 37 heavy (non-hydrogen) atoms. The summed E-state index contributed by atoms with van der Waals surface area (Å²) in [6, 6.07) is 4.22. The van der Waals surface area contributed by atoms with E-state index in [1.54, 1.807) is 5.32 Å². The first-order chi connectivity index (χ1) is 17.0. The summed E-state index contributed by atoms with van der Waals surface area (Å²) in [5.41, 5.74) is -0.106. The van der Waals surface area contributed by atoms with Gasteiger partial charge in [0.05, 0.1) is 33.2 Å². The number of carbonyl (C=O) groups excluding carboxylic acids is 2. The van der Waals surface area contributed by atoms with Crippen molar-refractivity contribution in [2.24, 2.45) is 0 Å². The molecule has 1 unspecified atom stereocenters. The van der Waals surface area contributed by atoms with Crippen LogP contribution in [0, 0.1) is 0 Å². The fraction of sp³-hybridized carbons (Fsp3) is 0.273. The smallest absolute Gasteiger partial charge is 0.394 e. The molecule has 3 N–H and O–H groups in total. The van der Waals surface area contributed by atoms with Gasteiger partial charge in [0, 0.05) is 4.47 Å². The lowest BCUT2D eigenvalue weighted by Gasteiger charge is -2.18. The van der Waals surface area contributed by atoms with Gasteiger partial charge in [-0.25, -0.2) is 0 Å². The van der Waals surface area contributed by atoms with Crippen molar-refractivity contribution < 1.29 is 41.0 Å². The molecule has 2 aromatic rings. The minimum atomic E-state index is -4.71. The van der Waals surface area contributed by atoms with Crippen LogP contribution in [-0.4, -0.2) is 48.5 Å². The summed E-state index contributed by atoms with van der Waals surface area (Å²) in [6.45, 7) is -2.64. The number of aliphatic hydroxyl groups is 1. The molecule has 0 aliphatic heterocycles. The molecule has 0 fully saturated rings. The van der Waals surface area contributed by atoms with E-state index in [-0.39, 0.29) is 36.2 Å². The SMILES string of the molecule is O=C(N[C@H](CO)C(=O)NCC(F)(F)F)c1ccc(/C=C/C(c2cc(Cl)c(Cl)c(Cl)c2)C(F)(F)F)cc1Br. The standard InChI is InChI=1S/C22H16BrCl3F6N2O3/c23-14-5-10(2-4-13(22(30,31)32)11-6-15(24)18(26)16(25)7-11)1-3-12(14)19(36)34-17(8-35)20(37)33-9-21(27,28)29/h1-7,13,17,35H,8-9H2,(H,33,37)(H,34,36)/b4-2+/t13?,17-/m1/s1. The van der Waals surface area contributed by atoms with Gasteiger partial charge >= 0.3 is 12.4 Å². The second-order valence-electron chi connectivity index (χ2n) is 7.46. The number of nitrogens with one attached hydrogen (secondary N) is 2. The monoisotopic (exact) mass is 654 g/mol. The lowest BCUT2D eigenvalue weighted by molar-refractivity contribution is -0.140. The van der Waals surface area contributed by atoms with E-state index in [0.29, 0.717) is 0 Å². The third-order valence-electron chi connectivity index (χ3n) is 4.70. The Bertz CT molecular complexity index is 1170. The predicted molar refractivity (Wildman–Crippen MR) is 131 cm³/mol. The maximum Gasteiger partial charge on any atom is 0.405 e. The molecular formula is C22H16BrCl3F6N2O3. The minimum Gasteiger partial charge on any atom is -0.394 e. The Kier molecular flexibility index (Phi) is 10.7. The van der Waals surface area contributed by atoms with Gasteiger partial charge in [0.25, 0.3) is 5.91 Å². The Morgan fingerprint density at radius 2 is 1.62 bits per heavy atom. The van der Waals surface area contributed by atoms with E-state index in [4.69, 9.17) is 34.8 Å². The molecule has 2 rings (SSSR count). The zero-order valence-corrected chi connectivity index (χ0v) is 22.0. The van der Waals surface area contributed by atoms with Gasteiger partial charge in [0.15, 0.2) is 0 Å². The zero-order chi connectivity index (χ0) is 28.1. The molecule has 0 aliphatic carbocycles. The van der Waals surface area contributed by atoms with Gasteiger partial charge in [-0.2, -0.15) is 26.3 Å². The van der Waals surface area contributed by atoms with Crippen LogP contribution in [0.3, 0.4) is 0 Å². The van der Waals surface area contributed by atoms with Gasteiger partial charge < -0.3 is 15.7 Å². The van der Waals surface area contributed by atoms with Crippen LogP contribution in [-0.2, 0) is 4.79 Å². The quantitative estimate of drug-likeness (QED) is 0.223. The Hall–Kier alpha value is -1.99. The van der Waals surface area contributed by atoms with Crippen molar-refractivity contribution in [2.45, 2.75) is 24.3 Å². The first-order valence-electron chi connectivity index (χ1n) is 9.98. The van der Waals surface area contributed by atoms with E-state index in [0.717, 1.165) is 24.3 Å². The Balaban J connectivity index is 2.22. The van der Waals surface area contributed by atoms with Crippen LogP contribution in [0.4, 0.5) is 26.3 Å². The molecular weight excluding hydrogens is 641 g/mol. The molecule has 0 saturated carbocycles. The average molecular weight is 657 g/mol. The van der Waals surface area contributed by atoms with E-state index in [2.05, 4.69) is 21.2 Å². The Morgan fingerprint density at radius 3 is 2.11 bits per heavy atom. The van der Waals surface area contributed by atoms with E-state index in [1.165, 1.54) is 18.2 Å². The van der Waals surface area contributed by atoms with Crippen LogP contribution in [0.15, 0.2) is 40.9 Å². The highest BCUT2D eigenvalue weighted by Crippen LogP contribution is 2.41. The summed E-state index contributed by atoms with van der Waals surface area (Å²) in [6.07, 6.45) is -7.41. The molecule has 15 heteroatoms. The number of allylic oxidation sites excluding steroid dienone is 1. The number of hydrogen-bond donors (Lipinski definition) is 3. The second-order valence-corrected chi connectivity index (χ2v) is 9.50. The normalized spacial score (nSPS) is 13.9. The number of hydrogen-bond acceptors (Lipinski definition) is 3. The number of carbonyl (C=O) groups is 2. The molecule has 202 valence electrons. The molecule has 0 aliphatic rings. The molecule has 0 saturated heterocycles. The molecule has 5 nitrogen and oxygen atoms in total. The first-order valence-corrected chi connectivity index (χ1v) is 11.9. The van der Waals surface area contributed by atoms with Gasteiger partial charge in [0.1, 0.15) is 12.6 Å². The molecule has 2 amide bonds. The third-order valence-corrected chi connectivity index (χ3v) is 6.56. The fourth-order valence-electron chi connectivity index (χ4n) is 2.93. The molecule has 0 bridgehead atoms. The largest absolute Gasteiger partial charge is 0.405 e. The topological polar surface area (TPSA) is 78.4 Å². The number of rotatable bonds is 8. The molecule has 0 radical (unpaired) electrons. The maximum absolute atomic E-state index is 13.7. The predicted octanol–water partition coefficient (Wildman–Crippen LogP) is 6.54.